The molecule has 5 aromatic rings. The van der Waals surface area contributed by atoms with E-state index in [0.29, 0.717) is 68.7 Å². The topological polar surface area (TPSA) is 180 Å². The molecule has 6 amide bonds. The molecule has 6 aliphatic rings. The molecule has 9 heterocycles. The molecule has 2 aromatic carbocycles. The van der Waals surface area contributed by atoms with Gasteiger partial charge in [0.05, 0.1) is 40.4 Å². The van der Waals surface area contributed by atoms with Gasteiger partial charge in [-0.3, -0.25) is 49.0 Å². The molecule has 16 nitrogen and oxygen atoms in total. The monoisotopic (exact) mass is 861 g/mol. The number of nitrogens with one attached hydrogen (secondary N) is 1. The molecule has 4 saturated heterocycles. The Kier molecular flexibility index (Phi) is 9.67. The minimum atomic E-state index is -1.02. The molecule has 1 spiro atoms. The first-order valence-corrected chi connectivity index (χ1v) is 22.2. The molecule has 1 unspecified atom stereocenters. The average Bonchev–Trinajstić information content (AvgIpc) is 3.81. The quantitative estimate of drug-likeness (QED) is 0.237. The number of anilines is 1. The molecular weight excluding hydrogens is 815 g/mol. The van der Waals surface area contributed by atoms with E-state index in [1.807, 2.05) is 40.3 Å². The van der Waals surface area contributed by atoms with Gasteiger partial charge < -0.3 is 24.0 Å². The fraction of sp³-hybridized carbons (Fsp3) is 0.396. The van der Waals surface area contributed by atoms with E-state index in [4.69, 9.17) is 14.7 Å². The van der Waals surface area contributed by atoms with Gasteiger partial charge in [-0.15, -0.1) is 0 Å². The van der Waals surface area contributed by atoms with Crippen LogP contribution in [-0.4, -0.2) is 122 Å². The van der Waals surface area contributed by atoms with Crippen LogP contribution in [0.3, 0.4) is 0 Å². The van der Waals surface area contributed by atoms with Gasteiger partial charge in [0.1, 0.15) is 17.6 Å². The van der Waals surface area contributed by atoms with Gasteiger partial charge in [0, 0.05) is 106 Å². The maximum absolute atomic E-state index is 13.7. The van der Waals surface area contributed by atoms with Gasteiger partial charge in [0.15, 0.2) is 0 Å². The van der Waals surface area contributed by atoms with Crippen molar-refractivity contribution in [3.8, 4) is 22.5 Å². The van der Waals surface area contributed by atoms with Crippen LogP contribution in [0.15, 0.2) is 67.0 Å². The van der Waals surface area contributed by atoms with E-state index in [1.165, 1.54) is 0 Å². The summed E-state index contributed by atoms with van der Waals surface area (Å²) >= 11 is 0. The number of aromatic nitrogens is 4. The molecule has 64 heavy (non-hydrogen) atoms. The average molecular weight is 862 g/mol. The van der Waals surface area contributed by atoms with Crippen LogP contribution in [0.4, 0.5) is 5.69 Å². The molecule has 16 heteroatoms. The molecule has 4 fully saturated rings. The number of piperidine rings is 2. The summed E-state index contributed by atoms with van der Waals surface area (Å²) in [5, 5.41) is 4.22. The zero-order valence-corrected chi connectivity index (χ0v) is 35.5. The molecule has 0 aliphatic carbocycles. The number of ether oxygens (including phenoxy) is 1. The first-order chi connectivity index (χ1) is 31.1. The molecule has 326 valence electrons. The Labute approximate surface area is 368 Å². The summed E-state index contributed by atoms with van der Waals surface area (Å²) in [6, 6.07) is 16.1. The number of hydrogen-bond donors (Lipinski definition) is 1. The third kappa shape index (κ3) is 6.64. The van der Waals surface area contributed by atoms with Gasteiger partial charge in [-0.1, -0.05) is 24.3 Å². The Morgan fingerprint density at radius 1 is 0.828 bits per heavy atom. The van der Waals surface area contributed by atoms with Crippen molar-refractivity contribution in [2.45, 2.75) is 70.5 Å². The van der Waals surface area contributed by atoms with Crippen molar-refractivity contribution >= 4 is 51.9 Å². The van der Waals surface area contributed by atoms with Crippen molar-refractivity contribution in [1.82, 2.24) is 39.5 Å². The van der Waals surface area contributed by atoms with Gasteiger partial charge in [-0.05, 0) is 67.8 Å². The van der Waals surface area contributed by atoms with E-state index < -0.39 is 29.7 Å². The number of imidazole rings is 1. The summed E-state index contributed by atoms with van der Waals surface area (Å²) in [7, 11) is 0. The second-order valence-electron chi connectivity index (χ2n) is 18.1. The van der Waals surface area contributed by atoms with E-state index in [2.05, 4.69) is 31.9 Å². The van der Waals surface area contributed by atoms with Gasteiger partial charge in [0.25, 0.3) is 17.7 Å². The zero-order chi connectivity index (χ0) is 43.9. The van der Waals surface area contributed by atoms with Crippen LogP contribution >= 0.6 is 0 Å². The van der Waals surface area contributed by atoms with Crippen molar-refractivity contribution < 1.29 is 33.5 Å². The van der Waals surface area contributed by atoms with Crippen LogP contribution in [0.25, 0.3) is 33.3 Å². The molecule has 1 N–H and O–H groups in total. The second-order valence-corrected chi connectivity index (χ2v) is 18.1. The Morgan fingerprint density at radius 3 is 2.36 bits per heavy atom. The second kappa shape index (κ2) is 15.5. The van der Waals surface area contributed by atoms with E-state index in [0.717, 1.165) is 88.6 Å². The third-order valence-corrected chi connectivity index (χ3v) is 14.3. The lowest BCUT2D eigenvalue weighted by Gasteiger charge is -2.55. The van der Waals surface area contributed by atoms with Crippen LogP contribution in [0.2, 0.25) is 0 Å². The largest absolute Gasteiger partial charge is 0.381 e. The van der Waals surface area contributed by atoms with Gasteiger partial charge in [0.2, 0.25) is 17.7 Å². The number of nitrogens with zero attached hydrogens (tertiary/aromatic N) is 8. The third-order valence-electron chi connectivity index (χ3n) is 14.3. The highest BCUT2D eigenvalue weighted by molar-refractivity contribution is 6.25. The van der Waals surface area contributed by atoms with Crippen molar-refractivity contribution in [2.75, 3.05) is 50.8 Å². The number of hydrogen-bond acceptors (Lipinski definition) is 11. The Bertz CT molecular complexity index is 2800. The Balaban J connectivity index is 0.756. The number of fused-ring (bicyclic) bond motifs is 3. The zero-order valence-electron chi connectivity index (χ0n) is 35.5. The maximum atomic E-state index is 13.7. The number of likely N-dealkylation sites (tertiary alicyclic amines) is 1. The first-order valence-electron chi connectivity index (χ1n) is 22.2. The molecular formula is C48H47N9O7. The highest BCUT2D eigenvalue weighted by Gasteiger charge is 2.50. The van der Waals surface area contributed by atoms with Crippen LogP contribution in [0.5, 0.6) is 0 Å². The minimum Gasteiger partial charge on any atom is -0.381 e. The van der Waals surface area contributed by atoms with Crippen molar-refractivity contribution in [3.05, 3.63) is 95.3 Å². The predicted molar refractivity (Wildman–Crippen MR) is 233 cm³/mol. The first kappa shape index (κ1) is 40.0. The smallest absolute Gasteiger partial charge is 0.272 e. The maximum Gasteiger partial charge on any atom is 0.272 e. The Morgan fingerprint density at radius 2 is 1.61 bits per heavy atom. The van der Waals surface area contributed by atoms with E-state index >= 15 is 0 Å². The summed E-state index contributed by atoms with van der Waals surface area (Å²) < 4.78 is 8.00. The summed E-state index contributed by atoms with van der Waals surface area (Å²) in [5.41, 5.74) is 6.02. The van der Waals surface area contributed by atoms with Crippen molar-refractivity contribution in [1.29, 1.82) is 0 Å². The predicted octanol–water partition coefficient (Wildman–Crippen LogP) is 4.56. The molecule has 0 radical (unpaired) electrons. The summed E-state index contributed by atoms with van der Waals surface area (Å²) in [6.07, 6.45) is 7.18. The molecule has 0 bridgehead atoms. The van der Waals surface area contributed by atoms with E-state index in [1.54, 1.807) is 31.3 Å². The van der Waals surface area contributed by atoms with Crippen LogP contribution < -0.4 is 10.2 Å². The number of imide groups is 2. The van der Waals surface area contributed by atoms with Gasteiger partial charge in [-0.2, -0.15) is 0 Å². The summed E-state index contributed by atoms with van der Waals surface area (Å²) in [5.74, 6) is -0.760. The van der Waals surface area contributed by atoms with Gasteiger partial charge in [-0.25, -0.2) is 4.98 Å². The van der Waals surface area contributed by atoms with Crippen molar-refractivity contribution in [3.63, 3.8) is 0 Å². The molecule has 11 rings (SSSR count). The Hall–Kier alpha value is -6.81. The van der Waals surface area contributed by atoms with E-state index in [-0.39, 0.29) is 35.6 Å². The number of amides is 6. The van der Waals surface area contributed by atoms with E-state index in [9.17, 15) is 28.8 Å². The summed E-state index contributed by atoms with van der Waals surface area (Å²) in [4.78, 5) is 99.2. The molecule has 6 aliphatic heterocycles. The van der Waals surface area contributed by atoms with Crippen molar-refractivity contribution in [2.24, 2.45) is 5.41 Å². The van der Waals surface area contributed by atoms with Gasteiger partial charge >= 0.3 is 0 Å². The molecule has 1 atom stereocenters. The highest BCUT2D eigenvalue weighted by atomic mass is 16.5. The van der Waals surface area contributed by atoms with Crippen LogP contribution in [0, 0.1) is 5.41 Å². The highest BCUT2D eigenvalue weighted by Crippen LogP contribution is 2.46. The summed E-state index contributed by atoms with van der Waals surface area (Å²) in [6.45, 7) is 7.45. The fourth-order valence-corrected chi connectivity index (χ4v) is 10.7. The molecule has 3 aromatic heterocycles. The van der Waals surface area contributed by atoms with Crippen LogP contribution in [-0.2, 0) is 32.2 Å². The SMILES string of the molecule is CC(=O)N1CCn2c(C3CCOCC3)nc(-c3cccc4cc(-c5ccc(C(=O)N6CCC7(CC6)CN(c6cccc8c6C(=O)N(C6CCC(=O)NC6=O)C8=O)C7)nc5)ncc34)c2C1. The normalized spacial score (nSPS) is 21.0. The lowest BCUT2D eigenvalue weighted by atomic mass is 9.71. The fourth-order valence-electron chi connectivity index (χ4n) is 10.7. The number of rotatable bonds is 6. The van der Waals surface area contributed by atoms with Crippen LogP contribution in [0.1, 0.15) is 94.1 Å². The lowest BCUT2D eigenvalue weighted by molar-refractivity contribution is -0.136. The minimum absolute atomic E-state index is 0.0352. The number of pyridine rings is 2. The molecule has 0 saturated carbocycles. The number of carbonyl (C=O) groups is 6. The number of carbonyl (C=O) groups excluding carboxylic acids is 6. The standard InChI is InChI=1S/C48H47N9O7/c1-28(58)54-18-19-56-39(25-54)42(52-43(56)29-12-20-64-21-13-29)32-5-2-4-30-22-36(50-24-34(30)32)31-8-9-35(49-23-31)46(62)53-16-14-48(15-17-53)26-55(27-48)37-7-3-6-33-41(37)47(63)57(45(33)61)38-10-11-40(59)51-44(38)60/h2-9,22-24,29,38H,10-21,25-27H2,1H3,(H,51,59,60). The number of benzene rings is 2. The lowest BCUT2D eigenvalue weighted by Crippen LogP contribution is -2.61.